The number of nitrogens with one attached hydrogen (secondary N) is 1. The van der Waals surface area contributed by atoms with Crippen LogP contribution in [0.5, 0.6) is 17.2 Å². The van der Waals surface area contributed by atoms with Crippen LogP contribution in [-0.4, -0.2) is 43.8 Å². The van der Waals surface area contributed by atoms with Crippen molar-refractivity contribution in [3.8, 4) is 28.6 Å². The van der Waals surface area contributed by atoms with Crippen molar-refractivity contribution in [3.05, 3.63) is 48.2 Å². The lowest BCUT2D eigenvalue weighted by Gasteiger charge is -2.26. The maximum atomic E-state index is 12.6. The first-order valence-corrected chi connectivity index (χ1v) is 9.30. The minimum atomic E-state index is -0.437. The van der Waals surface area contributed by atoms with Crippen LogP contribution in [0.2, 0.25) is 0 Å². The third-order valence-electron chi connectivity index (χ3n) is 4.87. The molecule has 3 heterocycles. The van der Waals surface area contributed by atoms with Crippen molar-refractivity contribution in [2.24, 2.45) is 0 Å². The molecule has 0 atom stereocenters. The number of anilines is 2. The van der Waals surface area contributed by atoms with Crippen LogP contribution in [-0.2, 0) is 4.79 Å². The fourth-order valence-corrected chi connectivity index (χ4v) is 3.26. The summed E-state index contributed by atoms with van der Waals surface area (Å²) in [4.78, 5) is 25.9. The number of fused-ring (bicyclic) bond motifs is 2. The van der Waals surface area contributed by atoms with Crippen LogP contribution in [0.1, 0.15) is 10.5 Å². The average Bonchev–Trinajstić information content (AvgIpc) is 3.27. The molecule has 0 unspecified atom stereocenters. The molecular weight excluding hydrogens is 390 g/mol. The number of benzene rings is 2. The van der Waals surface area contributed by atoms with Gasteiger partial charge in [0.1, 0.15) is 19.0 Å². The molecule has 2 aromatic carbocycles. The molecule has 0 radical (unpaired) electrons. The van der Waals surface area contributed by atoms with Crippen molar-refractivity contribution in [2.45, 2.75) is 0 Å². The molecule has 2 aliphatic heterocycles. The van der Waals surface area contributed by atoms with E-state index in [9.17, 15) is 9.59 Å². The SMILES string of the molecule is CN1C(=O)COc2ccc(NC(=O)c3cc(-c4ccc5c(c4)OCCO5)on3)cc21. The van der Waals surface area contributed by atoms with Crippen molar-refractivity contribution in [2.75, 3.05) is 37.1 Å². The van der Waals surface area contributed by atoms with E-state index in [0.717, 1.165) is 5.56 Å². The van der Waals surface area contributed by atoms with Crippen LogP contribution in [0.3, 0.4) is 0 Å². The van der Waals surface area contributed by atoms with Gasteiger partial charge in [-0.3, -0.25) is 9.59 Å². The summed E-state index contributed by atoms with van der Waals surface area (Å²) in [5.41, 5.74) is 1.93. The molecule has 0 bridgehead atoms. The third kappa shape index (κ3) is 3.20. The zero-order chi connectivity index (χ0) is 20.7. The van der Waals surface area contributed by atoms with Crippen LogP contribution in [0.25, 0.3) is 11.3 Å². The van der Waals surface area contributed by atoms with Gasteiger partial charge < -0.3 is 29.0 Å². The molecular formula is C21H17N3O6. The summed E-state index contributed by atoms with van der Waals surface area (Å²) in [7, 11) is 1.66. The third-order valence-corrected chi connectivity index (χ3v) is 4.87. The van der Waals surface area contributed by atoms with E-state index in [-0.39, 0.29) is 18.2 Å². The molecule has 0 spiro atoms. The maximum Gasteiger partial charge on any atom is 0.277 e. The monoisotopic (exact) mass is 407 g/mol. The topological polar surface area (TPSA) is 103 Å². The second-order valence-electron chi connectivity index (χ2n) is 6.81. The number of ether oxygens (including phenoxy) is 3. The minimum absolute atomic E-state index is 0.00319. The van der Waals surface area contributed by atoms with Crippen LogP contribution in [0.4, 0.5) is 11.4 Å². The quantitative estimate of drug-likeness (QED) is 0.712. The number of carbonyl (C=O) groups is 2. The number of carbonyl (C=O) groups excluding carboxylic acids is 2. The van der Waals surface area contributed by atoms with Crippen LogP contribution in [0, 0.1) is 0 Å². The zero-order valence-electron chi connectivity index (χ0n) is 16.0. The first-order valence-electron chi connectivity index (χ1n) is 9.30. The molecule has 9 heteroatoms. The highest BCUT2D eigenvalue weighted by Gasteiger charge is 2.23. The van der Waals surface area contributed by atoms with Gasteiger partial charge in [0.15, 0.2) is 29.6 Å². The Hall–Kier alpha value is -4.01. The lowest BCUT2D eigenvalue weighted by molar-refractivity contribution is -0.120. The molecule has 30 heavy (non-hydrogen) atoms. The number of rotatable bonds is 3. The number of hydrogen-bond donors (Lipinski definition) is 1. The largest absolute Gasteiger partial charge is 0.486 e. The van der Waals surface area contributed by atoms with E-state index in [1.807, 2.05) is 6.07 Å². The molecule has 5 rings (SSSR count). The Bertz CT molecular complexity index is 1160. The van der Waals surface area contributed by atoms with E-state index in [1.54, 1.807) is 43.4 Å². The summed E-state index contributed by atoms with van der Waals surface area (Å²) >= 11 is 0. The van der Waals surface area contributed by atoms with Gasteiger partial charge in [-0.2, -0.15) is 0 Å². The Labute approximate surface area is 171 Å². The summed E-state index contributed by atoms with van der Waals surface area (Å²) in [5.74, 6) is 1.71. The lowest BCUT2D eigenvalue weighted by Crippen LogP contribution is -2.35. The number of hydrogen-bond acceptors (Lipinski definition) is 7. The Morgan fingerprint density at radius 2 is 1.80 bits per heavy atom. The highest BCUT2D eigenvalue weighted by molar-refractivity contribution is 6.04. The second kappa shape index (κ2) is 7.11. The number of aromatic nitrogens is 1. The van der Waals surface area contributed by atoms with Gasteiger partial charge >= 0.3 is 0 Å². The molecule has 1 aromatic heterocycles. The smallest absolute Gasteiger partial charge is 0.277 e. The van der Waals surface area contributed by atoms with Crippen LogP contribution in [0.15, 0.2) is 47.0 Å². The first-order chi connectivity index (χ1) is 14.6. The molecule has 0 aliphatic carbocycles. The van der Waals surface area contributed by atoms with Crippen molar-refractivity contribution in [3.63, 3.8) is 0 Å². The summed E-state index contributed by atoms with van der Waals surface area (Å²) < 4.78 is 21.8. The number of amides is 2. The van der Waals surface area contributed by atoms with E-state index >= 15 is 0 Å². The van der Waals surface area contributed by atoms with Gasteiger partial charge in [0, 0.05) is 24.4 Å². The highest BCUT2D eigenvalue weighted by Crippen LogP contribution is 2.35. The van der Waals surface area contributed by atoms with Gasteiger partial charge in [-0.05, 0) is 36.4 Å². The summed E-state index contributed by atoms with van der Waals surface area (Å²) in [6.45, 7) is 0.988. The van der Waals surface area contributed by atoms with E-state index in [0.29, 0.717) is 47.6 Å². The Kier molecular flexibility index (Phi) is 4.27. The van der Waals surface area contributed by atoms with Crippen LogP contribution < -0.4 is 24.4 Å². The van der Waals surface area contributed by atoms with Gasteiger partial charge in [-0.1, -0.05) is 5.16 Å². The molecule has 1 N–H and O–H groups in total. The lowest BCUT2D eigenvalue weighted by atomic mass is 10.1. The average molecular weight is 407 g/mol. The fourth-order valence-electron chi connectivity index (χ4n) is 3.26. The van der Waals surface area contributed by atoms with Gasteiger partial charge in [0.25, 0.3) is 11.8 Å². The van der Waals surface area contributed by atoms with E-state index in [1.165, 1.54) is 4.90 Å². The summed E-state index contributed by atoms with van der Waals surface area (Å²) in [6.07, 6.45) is 0. The minimum Gasteiger partial charge on any atom is -0.486 e. The Morgan fingerprint density at radius 1 is 1.00 bits per heavy atom. The van der Waals surface area contributed by atoms with Crippen molar-refractivity contribution in [1.82, 2.24) is 5.16 Å². The van der Waals surface area contributed by atoms with E-state index in [4.69, 9.17) is 18.7 Å². The molecule has 152 valence electrons. The molecule has 2 aliphatic rings. The highest BCUT2D eigenvalue weighted by atomic mass is 16.6. The van der Waals surface area contributed by atoms with E-state index in [2.05, 4.69) is 10.5 Å². The van der Waals surface area contributed by atoms with Crippen LogP contribution >= 0.6 is 0 Å². The molecule has 9 nitrogen and oxygen atoms in total. The summed E-state index contributed by atoms with van der Waals surface area (Å²) in [6, 6.07) is 12.0. The Morgan fingerprint density at radius 3 is 2.67 bits per heavy atom. The van der Waals surface area contributed by atoms with Crippen molar-refractivity contribution < 1.29 is 28.3 Å². The summed E-state index contributed by atoms with van der Waals surface area (Å²) in [5, 5.41) is 6.63. The standard InChI is InChI=1S/C21H17N3O6/c1-24-15-9-13(3-5-16(15)29-11-20(24)25)22-21(26)14-10-18(30-23-14)12-2-4-17-19(8-12)28-7-6-27-17/h2-5,8-10H,6-7,11H2,1H3,(H,22,26). The number of nitrogens with zero attached hydrogens (tertiary/aromatic N) is 2. The predicted octanol–water partition coefficient (Wildman–Crippen LogP) is 2.72. The molecule has 3 aromatic rings. The number of likely N-dealkylation sites (N-methyl/N-ethyl adjacent to an activating group) is 1. The van der Waals surface area contributed by atoms with Crippen molar-refractivity contribution in [1.29, 1.82) is 0 Å². The van der Waals surface area contributed by atoms with Gasteiger partial charge in [-0.25, -0.2) is 0 Å². The first kappa shape index (κ1) is 18.0. The molecule has 2 amide bonds. The predicted molar refractivity (Wildman–Crippen MR) is 106 cm³/mol. The normalized spacial score (nSPS) is 14.7. The van der Waals surface area contributed by atoms with Gasteiger partial charge in [0.2, 0.25) is 0 Å². The maximum absolute atomic E-state index is 12.6. The fraction of sp³-hybridized carbons (Fsp3) is 0.190. The molecule has 0 saturated heterocycles. The molecule has 0 saturated carbocycles. The zero-order valence-corrected chi connectivity index (χ0v) is 16.0. The van der Waals surface area contributed by atoms with Gasteiger partial charge in [0.05, 0.1) is 5.69 Å². The van der Waals surface area contributed by atoms with Gasteiger partial charge in [-0.15, -0.1) is 0 Å². The second-order valence-corrected chi connectivity index (χ2v) is 6.81. The Balaban J connectivity index is 1.35. The van der Waals surface area contributed by atoms with E-state index < -0.39 is 5.91 Å². The molecule has 0 fully saturated rings. The van der Waals surface area contributed by atoms with Crippen molar-refractivity contribution >= 4 is 23.2 Å².